The Morgan fingerprint density at radius 1 is 0.423 bits per heavy atom. The molecule has 0 spiro atoms. The number of nitrogens with zero attached hydrogens (tertiary/aromatic N) is 1. The molecular formula is C61H119NO8P+. The van der Waals surface area contributed by atoms with E-state index >= 15 is 0 Å². The Bertz CT molecular complexity index is 1250. The van der Waals surface area contributed by atoms with Crippen molar-refractivity contribution in [2.24, 2.45) is 0 Å². The van der Waals surface area contributed by atoms with Crippen LogP contribution in [0, 0.1) is 0 Å². The average Bonchev–Trinajstić information content (AvgIpc) is 3.33. The molecule has 10 heteroatoms. The molecule has 9 nitrogen and oxygen atoms in total. The minimum absolute atomic E-state index is 0.0331. The number of allylic oxidation sites excluding steroid dienone is 4. The molecule has 0 amide bonds. The van der Waals surface area contributed by atoms with E-state index in [1.165, 1.54) is 218 Å². The van der Waals surface area contributed by atoms with Gasteiger partial charge in [0.25, 0.3) is 0 Å². The van der Waals surface area contributed by atoms with Crippen molar-refractivity contribution in [2.75, 3.05) is 47.5 Å². The molecule has 71 heavy (non-hydrogen) atoms. The van der Waals surface area contributed by atoms with Gasteiger partial charge in [-0.25, -0.2) is 4.57 Å². The van der Waals surface area contributed by atoms with Crippen molar-refractivity contribution in [3.8, 4) is 0 Å². The average molecular weight is 1030 g/mol. The Kier molecular flexibility index (Phi) is 52.2. The third-order valence-corrected chi connectivity index (χ3v) is 14.7. The summed E-state index contributed by atoms with van der Waals surface area (Å²) in [5.41, 5.74) is 0. The van der Waals surface area contributed by atoms with Crippen LogP contribution in [-0.2, 0) is 32.7 Å². The molecule has 0 aromatic rings. The maximum atomic E-state index is 12.8. The van der Waals surface area contributed by atoms with E-state index in [0.717, 1.165) is 51.4 Å². The van der Waals surface area contributed by atoms with Crippen molar-refractivity contribution in [2.45, 2.75) is 309 Å². The van der Waals surface area contributed by atoms with Crippen LogP contribution in [0.25, 0.3) is 0 Å². The van der Waals surface area contributed by atoms with E-state index in [1.54, 1.807) is 0 Å². The van der Waals surface area contributed by atoms with Gasteiger partial charge in [-0.3, -0.25) is 18.6 Å². The lowest BCUT2D eigenvalue weighted by molar-refractivity contribution is -0.870. The third kappa shape index (κ3) is 57.6. The standard InChI is InChI=1S/C61H118NO8P/c1-6-8-10-12-14-16-18-20-22-24-25-26-27-28-29-30-31-32-33-34-35-36-37-38-40-42-44-46-48-50-52-54-61(64)70-59(58-69-71(65,66)68-56-55-62(3,4)5)57-67-60(63)53-51-49-47-45-43-41-39-23-21-19-17-15-13-11-9-7-2/h23-25,39,59H,6-22,26-38,40-58H2,1-5H3/p+1/b25-24-,39-23-. The molecule has 2 unspecified atom stereocenters. The fraction of sp³-hybridized carbons (Fsp3) is 0.902. The highest BCUT2D eigenvalue weighted by Gasteiger charge is 2.27. The topological polar surface area (TPSA) is 108 Å². The molecule has 420 valence electrons. The molecule has 0 saturated carbocycles. The SMILES string of the molecule is CCCCCCCCC/C=C\CCCCCCCC(=O)OCC(COP(=O)(O)OCC[N+](C)(C)C)OC(=O)CCCCCCCCCCCCCCCCCCCCC/C=C\CCCCCCCCCC. The molecule has 0 aliphatic heterocycles. The van der Waals surface area contributed by atoms with E-state index in [1.807, 2.05) is 21.1 Å². The van der Waals surface area contributed by atoms with Gasteiger partial charge in [-0.05, 0) is 64.2 Å². The van der Waals surface area contributed by atoms with Crippen LogP contribution in [0.4, 0.5) is 0 Å². The van der Waals surface area contributed by atoms with E-state index in [2.05, 4.69) is 38.2 Å². The second kappa shape index (κ2) is 53.3. The summed E-state index contributed by atoms with van der Waals surface area (Å²) in [7, 11) is 1.49. The van der Waals surface area contributed by atoms with Gasteiger partial charge in [-0.15, -0.1) is 0 Å². The summed E-state index contributed by atoms with van der Waals surface area (Å²) in [5.74, 6) is -0.792. The Labute approximate surface area is 440 Å². The first-order chi connectivity index (χ1) is 34.5. The maximum absolute atomic E-state index is 12.8. The molecule has 0 aliphatic carbocycles. The minimum Gasteiger partial charge on any atom is -0.462 e. The van der Waals surface area contributed by atoms with Crippen LogP contribution < -0.4 is 0 Å². The summed E-state index contributed by atoms with van der Waals surface area (Å²) in [6, 6.07) is 0. The van der Waals surface area contributed by atoms with Gasteiger partial charge in [0.05, 0.1) is 27.7 Å². The zero-order valence-corrected chi connectivity index (χ0v) is 48.6. The van der Waals surface area contributed by atoms with Gasteiger partial charge in [0.2, 0.25) is 0 Å². The van der Waals surface area contributed by atoms with E-state index in [9.17, 15) is 19.0 Å². The second-order valence-electron chi connectivity index (χ2n) is 22.1. The quantitative estimate of drug-likeness (QED) is 0.0211. The summed E-state index contributed by atoms with van der Waals surface area (Å²) in [6.07, 6.45) is 64.1. The number of carbonyl (C=O) groups excluding carboxylic acids is 2. The molecule has 2 atom stereocenters. The number of rotatable bonds is 57. The molecule has 1 N–H and O–H groups in total. The van der Waals surface area contributed by atoms with Gasteiger partial charge < -0.3 is 18.9 Å². The highest BCUT2D eigenvalue weighted by Crippen LogP contribution is 2.43. The van der Waals surface area contributed by atoms with Gasteiger partial charge >= 0.3 is 19.8 Å². The molecule has 0 fully saturated rings. The number of hydrogen-bond acceptors (Lipinski definition) is 7. The summed E-state index contributed by atoms with van der Waals surface area (Å²) in [5, 5.41) is 0. The van der Waals surface area contributed by atoms with Gasteiger partial charge in [-0.2, -0.15) is 0 Å². The fourth-order valence-corrected chi connectivity index (χ4v) is 9.69. The van der Waals surface area contributed by atoms with Crippen LogP contribution in [0.15, 0.2) is 24.3 Å². The molecule has 0 aromatic carbocycles. The Morgan fingerprint density at radius 2 is 0.718 bits per heavy atom. The Morgan fingerprint density at radius 3 is 1.04 bits per heavy atom. The zero-order valence-electron chi connectivity index (χ0n) is 47.7. The second-order valence-corrected chi connectivity index (χ2v) is 23.5. The van der Waals surface area contributed by atoms with Crippen molar-refractivity contribution in [3.63, 3.8) is 0 Å². The van der Waals surface area contributed by atoms with Gasteiger partial charge in [0.15, 0.2) is 6.10 Å². The van der Waals surface area contributed by atoms with Crippen LogP contribution in [-0.4, -0.2) is 74.9 Å². The number of phosphoric ester groups is 1. The monoisotopic (exact) mass is 1020 g/mol. The number of hydrogen-bond donors (Lipinski definition) is 1. The molecule has 0 radical (unpaired) electrons. The van der Waals surface area contributed by atoms with Crippen LogP contribution >= 0.6 is 7.82 Å². The van der Waals surface area contributed by atoms with Crippen LogP contribution in [0.2, 0.25) is 0 Å². The Hall–Kier alpha value is -1.51. The minimum atomic E-state index is -4.38. The molecule has 0 saturated heterocycles. The van der Waals surface area contributed by atoms with Crippen molar-refractivity contribution in [3.05, 3.63) is 24.3 Å². The predicted molar refractivity (Wildman–Crippen MR) is 303 cm³/mol. The highest BCUT2D eigenvalue weighted by atomic mass is 31.2. The number of ether oxygens (including phenoxy) is 2. The van der Waals surface area contributed by atoms with Crippen molar-refractivity contribution in [1.29, 1.82) is 0 Å². The van der Waals surface area contributed by atoms with Gasteiger partial charge in [0, 0.05) is 12.8 Å². The predicted octanol–water partition coefficient (Wildman–Crippen LogP) is 19.0. The summed E-state index contributed by atoms with van der Waals surface area (Å²) in [6.45, 7) is 4.47. The normalized spacial score (nSPS) is 13.4. The first-order valence-electron chi connectivity index (χ1n) is 30.6. The number of unbranched alkanes of at least 4 members (excludes halogenated alkanes) is 39. The first kappa shape index (κ1) is 69.5. The van der Waals surface area contributed by atoms with Crippen LogP contribution in [0.5, 0.6) is 0 Å². The molecule has 0 bridgehead atoms. The molecule has 0 heterocycles. The third-order valence-electron chi connectivity index (χ3n) is 13.7. The molecule has 0 rings (SSSR count). The van der Waals surface area contributed by atoms with Crippen LogP contribution in [0.1, 0.15) is 303 Å². The molecule has 0 aliphatic rings. The largest absolute Gasteiger partial charge is 0.472 e. The Balaban J connectivity index is 4.02. The molecular weight excluding hydrogens is 906 g/mol. The summed E-state index contributed by atoms with van der Waals surface area (Å²) >= 11 is 0. The number of carbonyl (C=O) groups is 2. The van der Waals surface area contributed by atoms with Crippen molar-refractivity contribution >= 4 is 19.8 Å². The van der Waals surface area contributed by atoms with Crippen molar-refractivity contribution in [1.82, 2.24) is 0 Å². The maximum Gasteiger partial charge on any atom is 0.472 e. The number of quaternary nitrogens is 1. The van der Waals surface area contributed by atoms with E-state index < -0.39 is 26.5 Å². The zero-order chi connectivity index (χ0) is 52.0. The van der Waals surface area contributed by atoms with E-state index in [-0.39, 0.29) is 32.0 Å². The highest BCUT2D eigenvalue weighted by molar-refractivity contribution is 7.47. The van der Waals surface area contributed by atoms with E-state index in [0.29, 0.717) is 17.4 Å². The molecule has 0 aromatic heterocycles. The summed E-state index contributed by atoms with van der Waals surface area (Å²) in [4.78, 5) is 35.7. The number of phosphoric acid groups is 1. The number of likely N-dealkylation sites (N-methyl/N-ethyl adjacent to an activating group) is 1. The number of esters is 2. The van der Waals surface area contributed by atoms with Gasteiger partial charge in [-0.1, -0.05) is 250 Å². The van der Waals surface area contributed by atoms with Gasteiger partial charge in [0.1, 0.15) is 19.8 Å². The fourth-order valence-electron chi connectivity index (χ4n) is 8.95. The van der Waals surface area contributed by atoms with Crippen molar-refractivity contribution < 1.29 is 42.1 Å². The lowest BCUT2D eigenvalue weighted by atomic mass is 10.0. The first-order valence-corrected chi connectivity index (χ1v) is 32.1. The van der Waals surface area contributed by atoms with E-state index in [4.69, 9.17) is 18.5 Å². The lowest BCUT2D eigenvalue weighted by Crippen LogP contribution is -2.37. The van der Waals surface area contributed by atoms with Crippen LogP contribution in [0.3, 0.4) is 0 Å². The lowest BCUT2D eigenvalue weighted by Gasteiger charge is -2.24. The smallest absolute Gasteiger partial charge is 0.462 e. The summed E-state index contributed by atoms with van der Waals surface area (Å²) < 4.78 is 34.6.